The van der Waals surface area contributed by atoms with Gasteiger partial charge in [-0.3, -0.25) is 4.98 Å². The van der Waals surface area contributed by atoms with Gasteiger partial charge in [-0.1, -0.05) is 48.5 Å². The molecule has 3 aromatic carbocycles. The fourth-order valence-electron chi connectivity index (χ4n) is 3.03. The summed E-state index contributed by atoms with van der Waals surface area (Å²) in [5.74, 6) is 2.01. The standard InChI is InChI=1S/C24H20N2O4/c27-24(28)25-15-18-13-23(29-16-17-7-3-1-4-8-17)21-14-20(11-12-22(21)26-18)30-19-9-5-2-6-10-19/h1-14,25H,15-16H2,(H,27,28). The monoisotopic (exact) mass is 400 g/mol. The summed E-state index contributed by atoms with van der Waals surface area (Å²) in [5, 5.41) is 12.0. The van der Waals surface area contributed by atoms with E-state index in [1.165, 1.54) is 0 Å². The summed E-state index contributed by atoms with van der Waals surface area (Å²) in [6, 6.07) is 26.7. The fraction of sp³-hybridized carbons (Fsp3) is 0.0833. The van der Waals surface area contributed by atoms with Crippen LogP contribution in [0, 0.1) is 0 Å². The molecule has 0 saturated carbocycles. The van der Waals surface area contributed by atoms with Crippen molar-refractivity contribution in [1.82, 2.24) is 10.3 Å². The summed E-state index contributed by atoms with van der Waals surface area (Å²) in [5.41, 5.74) is 2.30. The number of nitrogens with zero attached hydrogens (tertiary/aromatic N) is 1. The molecule has 0 aliphatic heterocycles. The highest BCUT2D eigenvalue weighted by atomic mass is 16.5. The van der Waals surface area contributed by atoms with Gasteiger partial charge in [-0.25, -0.2) is 4.79 Å². The van der Waals surface area contributed by atoms with E-state index in [1.54, 1.807) is 6.07 Å². The molecule has 0 radical (unpaired) electrons. The summed E-state index contributed by atoms with van der Waals surface area (Å²) in [6.07, 6.45) is -1.10. The molecule has 1 aromatic heterocycles. The number of carbonyl (C=O) groups is 1. The van der Waals surface area contributed by atoms with Gasteiger partial charge in [-0.15, -0.1) is 0 Å². The Morgan fingerprint density at radius 1 is 0.900 bits per heavy atom. The van der Waals surface area contributed by atoms with Crippen LogP contribution in [-0.2, 0) is 13.2 Å². The molecule has 30 heavy (non-hydrogen) atoms. The van der Waals surface area contributed by atoms with Crippen molar-refractivity contribution in [3.8, 4) is 17.2 Å². The number of rotatable bonds is 7. The van der Waals surface area contributed by atoms with Crippen molar-refractivity contribution in [3.05, 3.63) is 96.2 Å². The van der Waals surface area contributed by atoms with E-state index in [0.717, 1.165) is 16.7 Å². The van der Waals surface area contributed by atoms with Crippen molar-refractivity contribution in [2.75, 3.05) is 0 Å². The van der Waals surface area contributed by atoms with Crippen molar-refractivity contribution >= 4 is 17.0 Å². The van der Waals surface area contributed by atoms with Crippen LogP contribution in [0.3, 0.4) is 0 Å². The van der Waals surface area contributed by atoms with Gasteiger partial charge < -0.3 is 19.9 Å². The van der Waals surface area contributed by atoms with E-state index in [4.69, 9.17) is 14.6 Å². The average Bonchev–Trinajstić information content (AvgIpc) is 2.77. The van der Waals surface area contributed by atoms with Crippen LogP contribution in [0.2, 0.25) is 0 Å². The van der Waals surface area contributed by atoms with Crippen molar-refractivity contribution in [3.63, 3.8) is 0 Å². The molecule has 0 atom stereocenters. The minimum absolute atomic E-state index is 0.0925. The lowest BCUT2D eigenvalue weighted by Gasteiger charge is -2.13. The van der Waals surface area contributed by atoms with E-state index in [9.17, 15) is 4.79 Å². The SMILES string of the molecule is O=C(O)NCc1cc(OCc2ccccc2)c2cc(Oc3ccccc3)ccc2n1. The quantitative estimate of drug-likeness (QED) is 0.436. The van der Waals surface area contributed by atoms with Crippen LogP contribution in [0.15, 0.2) is 84.9 Å². The second kappa shape index (κ2) is 8.96. The maximum Gasteiger partial charge on any atom is 0.404 e. The van der Waals surface area contributed by atoms with E-state index >= 15 is 0 Å². The number of para-hydroxylation sites is 1. The van der Waals surface area contributed by atoms with Gasteiger partial charge in [-0.05, 0) is 35.9 Å². The Morgan fingerprint density at radius 3 is 2.37 bits per heavy atom. The zero-order valence-electron chi connectivity index (χ0n) is 16.1. The van der Waals surface area contributed by atoms with Crippen LogP contribution in [-0.4, -0.2) is 16.2 Å². The van der Waals surface area contributed by atoms with Crippen molar-refractivity contribution in [2.24, 2.45) is 0 Å². The Morgan fingerprint density at radius 2 is 1.63 bits per heavy atom. The first-order valence-corrected chi connectivity index (χ1v) is 9.47. The third kappa shape index (κ3) is 4.86. The molecule has 6 nitrogen and oxygen atoms in total. The first-order chi connectivity index (χ1) is 14.7. The number of amides is 1. The largest absolute Gasteiger partial charge is 0.488 e. The molecule has 0 unspecified atom stereocenters. The molecule has 0 saturated heterocycles. The smallest absolute Gasteiger partial charge is 0.404 e. The molecule has 0 aliphatic carbocycles. The number of hydrogen-bond acceptors (Lipinski definition) is 4. The molecule has 0 fully saturated rings. The number of ether oxygens (including phenoxy) is 2. The summed E-state index contributed by atoms with van der Waals surface area (Å²) in [6.45, 7) is 0.477. The summed E-state index contributed by atoms with van der Waals surface area (Å²) in [4.78, 5) is 15.4. The van der Waals surface area contributed by atoms with Gasteiger partial charge in [0.15, 0.2) is 0 Å². The van der Waals surface area contributed by atoms with Gasteiger partial charge in [0.1, 0.15) is 23.9 Å². The maximum absolute atomic E-state index is 10.9. The van der Waals surface area contributed by atoms with Gasteiger partial charge in [0, 0.05) is 11.5 Å². The van der Waals surface area contributed by atoms with Gasteiger partial charge in [0.25, 0.3) is 0 Å². The van der Waals surface area contributed by atoms with Crippen LogP contribution < -0.4 is 14.8 Å². The van der Waals surface area contributed by atoms with Gasteiger partial charge in [-0.2, -0.15) is 0 Å². The van der Waals surface area contributed by atoms with Crippen LogP contribution >= 0.6 is 0 Å². The van der Waals surface area contributed by atoms with E-state index < -0.39 is 6.09 Å². The Labute approximate surface area is 173 Å². The molecular formula is C24H20N2O4. The van der Waals surface area contributed by atoms with Gasteiger partial charge in [0.05, 0.1) is 17.8 Å². The number of pyridine rings is 1. The van der Waals surface area contributed by atoms with E-state index in [0.29, 0.717) is 29.3 Å². The molecule has 1 heterocycles. The minimum atomic E-state index is -1.10. The first kappa shape index (κ1) is 19.3. The molecule has 0 aliphatic rings. The highest BCUT2D eigenvalue weighted by molar-refractivity contribution is 5.86. The van der Waals surface area contributed by atoms with Gasteiger partial charge >= 0.3 is 6.09 Å². The van der Waals surface area contributed by atoms with Crippen molar-refractivity contribution in [1.29, 1.82) is 0 Å². The minimum Gasteiger partial charge on any atom is -0.488 e. The van der Waals surface area contributed by atoms with E-state index in [-0.39, 0.29) is 6.54 Å². The predicted octanol–water partition coefficient (Wildman–Crippen LogP) is 5.37. The highest BCUT2D eigenvalue weighted by Gasteiger charge is 2.11. The highest BCUT2D eigenvalue weighted by Crippen LogP contribution is 2.31. The Hall–Kier alpha value is -4.06. The van der Waals surface area contributed by atoms with Crippen molar-refractivity contribution in [2.45, 2.75) is 13.2 Å². The topological polar surface area (TPSA) is 80.7 Å². The lowest BCUT2D eigenvalue weighted by Crippen LogP contribution is -2.20. The Balaban J connectivity index is 1.67. The molecule has 4 rings (SSSR count). The Kier molecular flexibility index (Phi) is 5.75. The zero-order chi connectivity index (χ0) is 20.8. The molecule has 0 spiro atoms. The van der Waals surface area contributed by atoms with E-state index in [1.807, 2.05) is 78.9 Å². The number of carboxylic acid groups (broad SMARTS) is 1. The molecule has 0 bridgehead atoms. The number of aromatic nitrogens is 1. The molecule has 4 aromatic rings. The summed E-state index contributed by atoms with van der Waals surface area (Å²) in [7, 11) is 0. The second-order valence-electron chi connectivity index (χ2n) is 6.64. The van der Waals surface area contributed by atoms with Crippen molar-refractivity contribution < 1.29 is 19.4 Å². The third-order valence-electron chi connectivity index (χ3n) is 4.43. The molecular weight excluding hydrogens is 380 g/mol. The van der Waals surface area contributed by atoms with Gasteiger partial charge in [0.2, 0.25) is 0 Å². The molecule has 2 N–H and O–H groups in total. The number of fused-ring (bicyclic) bond motifs is 1. The first-order valence-electron chi connectivity index (χ1n) is 9.47. The lowest BCUT2D eigenvalue weighted by molar-refractivity contribution is 0.194. The second-order valence-corrected chi connectivity index (χ2v) is 6.64. The normalized spacial score (nSPS) is 10.5. The zero-order valence-corrected chi connectivity index (χ0v) is 16.1. The number of hydrogen-bond donors (Lipinski definition) is 2. The van der Waals surface area contributed by atoms with E-state index in [2.05, 4.69) is 10.3 Å². The van der Waals surface area contributed by atoms with Crippen LogP contribution in [0.25, 0.3) is 10.9 Å². The molecule has 1 amide bonds. The van der Waals surface area contributed by atoms with Crippen LogP contribution in [0.4, 0.5) is 4.79 Å². The predicted molar refractivity (Wildman–Crippen MR) is 114 cm³/mol. The summed E-state index contributed by atoms with van der Waals surface area (Å²) >= 11 is 0. The molecule has 150 valence electrons. The molecule has 6 heteroatoms. The van der Waals surface area contributed by atoms with Crippen LogP contribution in [0.5, 0.6) is 17.2 Å². The number of benzene rings is 3. The fourth-order valence-corrected chi connectivity index (χ4v) is 3.03. The average molecular weight is 400 g/mol. The Bertz CT molecular complexity index is 1150. The maximum atomic E-state index is 10.9. The number of nitrogens with one attached hydrogen (secondary N) is 1. The lowest BCUT2D eigenvalue weighted by atomic mass is 10.1. The summed E-state index contributed by atoms with van der Waals surface area (Å²) < 4.78 is 12.0. The van der Waals surface area contributed by atoms with Crippen LogP contribution in [0.1, 0.15) is 11.3 Å². The third-order valence-corrected chi connectivity index (χ3v) is 4.43.